The lowest BCUT2D eigenvalue weighted by molar-refractivity contribution is 0.173. The van der Waals surface area contributed by atoms with E-state index in [1.165, 1.54) is 5.56 Å². The molecule has 0 radical (unpaired) electrons. The summed E-state index contributed by atoms with van der Waals surface area (Å²) in [6.45, 7) is 2.23. The molecule has 19 heavy (non-hydrogen) atoms. The molecule has 2 heterocycles. The quantitative estimate of drug-likeness (QED) is 0.680. The number of halogens is 1. The highest BCUT2D eigenvalue weighted by Gasteiger charge is 2.23. The van der Waals surface area contributed by atoms with Crippen LogP contribution in [0.2, 0.25) is 0 Å². The number of rotatable bonds is 3. The smallest absolute Gasteiger partial charge is 0.231 e. The molecule has 1 aromatic carbocycles. The Labute approximate surface area is 118 Å². The zero-order valence-electron chi connectivity index (χ0n) is 11.1. The van der Waals surface area contributed by atoms with Crippen molar-refractivity contribution in [2.75, 3.05) is 20.4 Å². The molecule has 4 nitrogen and oxygen atoms in total. The molecule has 104 valence electrons. The summed E-state index contributed by atoms with van der Waals surface area (Å²) >= 11 is 6.16. The highest BCUT2D eigenvalue weighted by molar-refractivity contribution is 6.20. The van der Waals surface area contributed by atoms with Gasteiger partial charge in [0.1, 0.15) is 0 Å². The molecule has 1 fully saturated rings. The Morgan fingerprint density at radius 3 is 3.05 bits per heavy atom. The lowest BCUT2D eigenvalue weighted by atomic mass is 10.0. The first-order chi connectivity index (χ1) is 9.22. The number of nitrogens with zero attached hydrogens (tertiary/aromatic N) is 1. The fourth-order valence-electron chi connectivity index (χ4n) is 2.70. The van der Waals surface area contributed by atoms with Crippen molar-refractivity contribution in [2.45, 2.75) is 30.9 Å². The predicted octanol–water partition coefficient (Wildman–Crippen LogP) is 2.16. The van der Waals surface area contributed by atoms with Crippen LogP contribution in [0.1, 0.15) is 18.4 Å². The molecule has 0 aromatic heterocycles. The molecule has 1 saturated heterocycles. The van der Waals surface area contributed by atoms with E-state index in [1.807, 2.05) is 6.07 Å². The first-order valence-electron chi connectivity index (χ1n) is 6.68. The summed E-state index contributed by atoms with van der Waals surface area (Å²) in [4.78, 5) is 2.37. The van der Waals surface area contributed by atoms with E-state index in [4.69, 9.17) is 21.1 Å². The van der Waals surface area contributed by atoms with Crippen molar-refractivity contribution in [3.8, 4) is 11.5 Å². The third kappa shape index (κ3) is 2.96. The summed E-state index contributed by atoms with van der Waals surface area (Å²) in [5, 5.41) is 3.27. The van der Waals surface area contributed by atoms with E-state index in [0.29, 0.717) is 12.8 Å². The lowest BCUT2D eigenvalue weighted by Crippen LogP contribution is -2.44. The van der Waals surface area contributed by atoms with Crippen molar-refractivity contribution in [1.82, 2.24) is 10.2 Å². The Kier molecular flexibility index (Phi) is 3.82. The molecule has 1 aromatic rings. The largest absolute Gasteiger partial charge is 0.454 e. The third-order valence-corrected chi connectivity index (χ3v) is 4.15. The molecular weight excluding hydrogens is 264 g/mol. The molecule has 1 N–H and O–H groups in total. The molecular formula is C14H19ClN2O2. The zero-order valence-corrected chi connectivity index (χ0v) is 11.8. The van der Waals surface area contributed by atoms with Crippen molar-refractivity contribution in [1.29, 1.82) is 0 Å². The van der Waals surface area contributed by atoms with Crippen LogP contribution in [0, 0.1) is 0 Å². The molecule has 0 spiro atoms. The van der Waals surface area contributed by atoms with E-state index < -0.39 is 0 Å². The van der Waals surface area contributed by atoms with E-state index in [2.05, 4.69) is 29.4 Å². The van der Waals surface area contributed by atoms with Crippen molar-refractivity contribution < 1.29 is 9.47 Å². The minimum Gasteiger partial charge on any atom is -0.454 e. The number of hydrogen-bond acceptors (Lipinski definition) is 4. The van der Waals surface area contributed by atoms with Gasteiger partial charge in [-0.05, 0) is 44.1 Å². The predicted molar refractivity (Wildman–Crippen MR) is 74.7 cm³/mol. The van der Waals surface area contributed by atoms with Crippen LogP contribution in [-0.4, -0.2) is 36.8 Å². The first kappa shape index (κ1) is 13.0. The molecule has 0 amide bonds. The molecule has 5 heteroatoms. The summed E-state index contributed by atoms with van der Waals surface area (Å²) in [5.74, 6) is 1.69. The van der Waals surface area contributed by atoms with Gasteiger partial charge in [0.25, 0.3) is 0 Å². The number of ether oxygens (including phenoxy) is 2. The third-order valence-electron chi connectivity index (χ3n) is 3.81. The van der Waals surface area contributed by atoms with E-state index in [1.54, 1.807) is 0 Å². The van der Waals surface area contributed by atoms with Gasteiger partial charge in [-0.2, -0.15) is 0 Å². The number of benzene rings is 1. The maximum absolute atomic E-state index is 6.16. The molecule has 0 bridgehead atoms. The van der Waals surface area contributed by atoms with Crippen LogP contribution >= 0.6 is 11.6 Å². The Bertz CT molecular complexity index is 455. The molecule has 3 rings (SSSR count). The van der Waals surface area contributed by atoms with E-state index in [-0.39, 0.29) is 5.50 Å². The summed E-state index contributed by atoms with van der Waals surface area (Å²) < 4.78 is 10.7. The summed E-state index contributed by atoms with van der Waals surface area (Å²) in [6.07, 6.45) is 2.13. The minimum absolute atomic E-state index is 0.0953. The molecule has 2 aliphatic rings. The highest BCUT2D eigenvalue weighted by atomic mass is 35.5. The van der Waals surface area contributed by atoms with Gasteiger partial charge in [0.2, 0.25) is 6.79 Å². The molecule has 2 atom stereocenters. The van der Waals surface area contributed by atoms with Gasteiger partial charge in [-0.1, -0.05) is 6.07 Å². The fourth-order valence-corrected chi connectivity index (χ4v) is 3.02. The van der Waals surface area contributed by atoms with Gasteiger partial charge < -0.3 is 14.8 Å². The Balaban J connectivity index is 1.64. The maximum atomic E-state index is 6.16. The molecule has 2 aliphatic heterocycles. The maximum Gasteiger partial charge on any atom is 0.231 e. The van der Waals surface area contributed by atoms with Crippen molar-refractivity contribution >= 4 is 11.6 Å². The lowest BCUT2D eigenvalue weighted by Gasteiger charge is -2.34. The van der Waals surface area contributed by atoms with Gasteiger partial charge in [0, 0.05) is 12.6 Å². The van der Waals surface area contributed by atoms with Crippen LogP contribution in [-0.2, 0) is 6.54 Å². The van der Waals surface area contributed by atoms with Gasteiger partial charge in [-0.15, -0.1) is 11.6 Å². The Morgan fingerprint density at radius 1 is 1.37 bits per heavy atom. The average Bonchev–Trinajstić information content (AvgIpc) is 2.86. The van der Waals surface area contributed by atoms with Crippen LogP contribution in [0.3, 0.4) is 0 Å². The van der Waals surface area contributed by atoms with Crippen LogP contribution < -0.4 is 14.8 Å². The summed E-state index contributed by atoms with van der Waals surface area (Å²) in [5.41, 5.74) is 1.34. The number of hydrogen-bond donors (Lipinski definition) is 1. The Hall–Kier alpha value is -0.970. The van der Waals surface area contributed by atoms with Gasteiger partial charge in [-0.25, -0.2) is 0 Å². The second kappa shape index (κ2) is 5.57. The van der Waals surface area contributed by atoms with Crippen molar-refractivity contribution in [3.05, 3.63) is 23.8 Å². The summed E-state index contributed by atoms with van der Waals surface area (Å²) in [6, 6.07) is 6.69. The average molecular weight is 283 g/mol. The SMILES string of the molecule is CN(Cc1ccc2c(c1)OCO2)C1CCNC(Cl)C1. The Morgan fingerprint density at radius 2 is 2.21 bits per heavy atom. The van der Waals surface area contributed by atoms with E-state index in [9.17, 15) is 0 Å². The number of fused-ring (bicyclic) bond motifs is 1. The topological polar surface area (TPSA) is 33.7 Å². The van der Waals surface area contributed by atoms with Crippen LogP contribution in [0.25, 0.3) is 0 Å². The second-order valence-corrected chi connectivity index (χ2v) is 5.73. The van der Waals surface area contributed by atoms with Crippen molar-refractivity contribution in [2.24, 2.45) is 0 Å². The fraction of sp³-hybridized carbons (Fsp3) is 0.571. The monoisotopic (exact) mass is 282 g/mol. The van der Waals surface area contributed by atoms with Gasteiger partial charge >= 0.3 is 0 Å². The van der Waals surface area contributed by atoms with Crippen LogP contribution in [0.5, 0.6) is 11.5 Å². The van der Waals surface area contributed by atoms with Gasteiger partial charge in [0.05, 0.1) is 5.50 Å². The first-order valence-corrected chi connectivity index (χ1v) is 7.12. The van der Waals surface area contributed by atoms with Crippen LogP contribution in [0.15, 0.2) is 18.2 Å². The molecule has 0 aliphatic carbocycles. The normalized spacial score (nSPS) is 25.8. The summed E-state index contributed by atoms with van der Waals surface area (Å²) in [7, 11) is 2.16. The van der Waals surface area contributed by atoms with Crippen molar-refractivity contribution in [3.63, 3.8) is 0 Å². The highest BCUT2D eigenvalue weighted by Crippen LogP contribution is 2.33. The minimum atomic E-state index is 0.0953. The number of alkyl halides is 1. The number of nitrogens with one attached hydrogen (secondary N) is 1. The second-order valence-electron chi connectivity index (χ2n) is 5.20. The van der Waals surface area contributed by atoms with Gasteiger partial charge in [-0.3, -0.25) is 4.90 Å². The van der Waals surface area contributed by atoms with Crippen LogP contribution in [0.4, 0.5) is 0 Å². The zero-order chi connectivity index (χ0) is 13.2. The van der Waals surface area contributed by atoms with E-state index >= 15 is 0 Å². The molecule has 2 unspecified atom stereocenters. The van der Waals surface area contributed by atoms with Gasteiger partial charge in [0.15, 0.2) is 11.5 Å². The number of piperidine rings is 1. The standard InChI is InChI=1S/C14H19ClN2O2/c1-17(11-4-5-16-14(15)7-11)8-10-2-3-12-13(6-10)19-9-18-12/h2-3,6,11,14,16H,4-5,7-9H2,1H3. The van der Waals surface area contributed by atoms with E-state index in [0.717, 1.165) is 37.4 Å². The molecule has 0 saturated carbocycles.